The average molecular weight is 347 g/mol. The number of rotatable bonds is 9. The van der Waals surface area contributed by atoms with Gasteiger partial charge in [-0.2, -0.15) is 0 Å². The van der Waals surface area contributed by atoms with E-state index in [-0.39, 0.29) is 16.7 Å². The Hall–Kier alpha value is -1.47. The standard InChI is InChI=1S/C14H19ClN2O4S/c1-9(2)7-21-14-11(15)5-10(6-17-14)13(20)16-3-4-22-8-12(18)19/h5-6,9H,3-4,7-8H2,1-2H3,(H,16,20)(H,18,19). The summed E-state index contributed by atoms with van der Waals surface area (Å²) >= 11 is 7.28. The van der Waals surface area contributed by atoms with E-state index in [1.807, 2.05) is 13.8 Å². The molecular weight excluding hydrogens is 328 g/mol. The van der Waals surface area contributed by atoms with Crippen molar-refractivity contribution in [1.82, 2.24) is 10.3 Å². The van der Waals surface area contributed by atoms with Gasteiger partial charge in [0.15, 0.2) is 0 Å². The molecule has 2 N–H and O–H groups in total. The van der Waals surface area contributed by atoms with E-state index in [2.05, 4.69) is 10.3 Å². The first kappa shape index (κ1) is 18.6. The summed E-state index contributed by atoms with van der Waals surface area (Å²) in [6.45, 7) is 4.90. The van der Waals surface area contributed by atoms with Crippen LogP contribution in [0.1, 0.15) is 24.2 Å². The van der Waals surface area contributed by atoms with Gasteiger partial charge in [-0.05, 0) is 12.0 Å². The molecular formula is C14H19ClN2O4S. The Morgan fingerprint density at radius 1 is 1.50 bits per heavy atom. The molecule has 22 heavy (non-hydrogen) atoms. The summed E-state index contributed by atoms with van der Waals surface area (Å²) in [5, 5.41) is 11.5. The number of carboxylic acids is 1. The van der Waals surface area contributed by atoms with Gasteiger partial charge in [0.25, 0.3) is 5.91 Å². The first-order valence-corrected chi connectivity index (χ1v) is 8.29. The molecule has 0 aliphatic heterocycles. The number of hydrogen-bond acceptors (Lipinski definition) is 5. The second kappa shape index (κ2) is 9.53. The molecule has 1 rings (SSSR count). The Labute approximate surface area is 138 Å². The molecule has 1 aromatic heterocycles. The number of nitrogens with one attached hydrogen (secondary N) is 1. The van der Waals surface area contributed by atoms with Gasteiger partial charge in [-0.25, -0.2) is 4.98 Å². The van der Waals surface area contributed by atoms with Crippen LogP contribution in [-0.4, -0.2) is 46.6 Å². The highest BCUT2D eigenvalue weighted by Gasteiger charge is 2.11. The second-order valence-corrected chi connectivity index (χ2v) is 6.43. The fourth-order valence-corrected chi connectivity index (χ4v) is 2.19. The van der Waals surface area contributed by atoms with Gasteiger partial charge in [-0.1, -0.05) is 25.4 Å². The van der Waals surface area contributed by atoms with E-state index in [4.69, 9.17) is 21.4 Å². The number of halogens is 1. The van der Waals surface area contributed by atoms with Gasteiger partial charge in [0.1, 0.15) is 5.02 Å². The molecule has 0 bridgehead atoms. The quantitative estimate of drug-likeness (QED) is 0.667. The van der Waals surface area contributed by atoms with E-state index in [1.54, 1.807) is 0 Å². The van der Waals surface area contributed by atoms with Crippen molar-refractivity contribution in [2.75, 3.05) is 24.7 Å². The molecule has 0 spiro atoms. The molecule has 0 saturated carbocycles. The normalized spacial score (nSPS) is 10.5. The lowest BCUT2D eigenvalue weighted by molar-refractivity contribution is -0.133. The Balaban J connectivity index is 2.45. The lowest BCUT2D eigenvalue weighted by Crippen LogP contribution is -2.26. The molecule has 0 aliphatic rings. The summed E-state index contributed by atoms with van der Waals surface area (Å²) in [6, 6.07) is 1.50. The number of amides is 1. The number of carbonyl (C=O) groups is 2. The zero-order valence-electron chi connectivity index (χ0n) is 12.5. The summed E-state index contributed by atoms with van der Waals surface area (Å²) in [5.41, 5.74) is 0.338. The van der Waals surface area contributed by atoms with Crippen molar-refractivity contribution in [2.45, 2.75) is 13.8 Å². The Morgan fingerprint density at radius 2 is 2.23 bits per heavy atom. The summed E-state index contributed by atoms with van der Waals surface area (Å²) in [6.07, 6.45) is 1.40. The minimum absolute atomic E-state index is 0.0190. The summed E-state index contributed by atoms with van der Waals surface area (Å²) in [5.74, 6) is 0.0259. The van der Waals surface area contributed by atoms with Gasteiger partial charge in [-0.3, -0.25) is 9.59 Å². The number of ether oxygens (including phenoxy) is 1. The molecule has 1 aromatic rings. The molecule has 0 unspecified atom stereocenters. The largest absolute Gasteiger partial charge is 0.481 e. The van der Waals surface area contributed by atoms with Crippen LogP contribution in [0.15, 0.2) is 12.3 Å². The first-order valence-electron chi connectivity index (χ1n) is 6.76. The highest BCUT2D eigenvalue weighted by atomic mass is 35.5. The molecule has 0 aromatic carbocycles. The molecule has 8 heteroatoms. The summed E-state index contributed by atoms with van der Waals surface area (Å²) in [7, 11) is 0. The number of aromatic nitrogens is 1. The zero-order chi connectivity index (χ0) is 16.5. The summed E-state index contributed by atoms with van der Waals surface area (Å²) < 4.78 is 5.43. The van der Waals surface area contributed by atoms with Gasteiger partial charge in [0.2, 0.25) is 5.88 Å². The predicted octanol–water partition coefficient (Wildman–Crippen LogP) is 2.32. The van der Waals surface area contributed by atoms with Crippen LogP contribution < -0.4 is 10.1 Å². The van der Waals surface area contributed by atoms with Crippen LogP contribution in [0.2, 0.25) is 5.02 Å². The van der Waals surface area contributed by atoms with Gasteiger partial charge < -0.3 is 15.2 Å². The van der Waals surface area contributed by atoms with Crippen molar-refractivity contribution in [2.24, 2.45) is 5.92 Å². The maximum Gasteiger partial charge on any atom is 0.313 e. The SMILES string of the molecule is CC(C)COc1ncc(C(=O)NCCSCC(=O)O)cc1Cl. The summed E-state index contributed by atoms with van der Waals surface area (Å²) in [4.78, 5) is 26.3. The van der Waals surface area contributed by atoms with E-state index in [0.717, 1.165) is 0 Å². The van der Waals surface area contributed by atoms with Crippen LogP contribution in [0, 0.1) is 5.92 Å². The van der Waals surface area contributed by atoms with Crippen molar-refractivity contribution in [3.63, 3.8) is 0 Å². The third-order valence-electron chi connectivity index (χ3n) is 2.38. The van der Waals surface area contributed by atoms with E-state index in [1.165, 1.54) is 24.0 Å². The van der Waals surface area contributed by atoms with Crippen LogP contribution in [0.25, 0.3) is 0 Å². The molecule has 0 aliphatic carbocycles. The lowest BCUT2D eigenvalue weighted by Gasteiger charge is -2.10. The van der Waals surface area contributed by atoms with Crippen molar-refractivity contribution >= 4 is 35.2 Å². The second-order valence-electron chi connectivity index (χ2n) is 4.92. The van der Waals surface area contributed by atoms with Crippen molar-refractivity contribution in [3.05, 3.63) is 22.8 Å². The number of carboxylic acid groups (broad SMARTS) is 1. The Bertz CT molecular complexity index is 526. The van der Waals surface area contributed by atoms with Crippen molar-refractivity contribution in [3.8, 4) is 5.88 Å². The molecule has 0 radical (unpaired) electrons. The number of thioether (sulfide) groups is 1. The number of pyridine rings is 1. The van der Waals surface area contributed by atoms with Crippen LogP contribution in [0.5, 0.6) is 5.88 Å². The van der Waals surface area contributed by atoms with E-state index < -0.39 is 5.97 Å². The van der Waals surface area contributed by atoms with Gasteiger partial charge in [-0.15, -0.1) is 11.8 Å². The Morgan fingerprint density at radius 3 is 2.82 bits per heavy atom. The third kappa shape index (κ3) is 7.00. The number of aliphatic carboxylic acids is 1. The monoisotopic (exact) mass is 346 g/mol. The lowest BCUT2D eigenvalue weighted by atomic mass is 10.2. The zero-order valence-corrected chi connectivity index (χ0v) is 14.0. The Kier molecular flexibility index (Phi) is 8.05. The predicted molar refractivity (Wildman–Crippen MR) is 86.9 cm³/mol. The van der Waals surface area contributed by atoms with Gasteiger partial charge >= 0.3 is 5.97 Å². The maximum atomic E-state index is 11.9. The maximum absolute atomic E-state index is 11.9. The van der Waals surface area contributed by atoms with Crippen LogP contribution in [-0.2, 0) is 4.79 Å². The molecule has 1 amide bonds. The molecule has 6 nitrogen and oxygen atoms in total. The average Bonchev–Trinajstić information content (AvgIpc) is 2.44. The molecule has 0 fully saturated rings. The minimum Gasteiger partial charge on any atom is -0.481 e. The van der Waals surface area contributed by atoms with Gasteiger partial charge in [0, 0.05) is 18.5 Å². The fraction of sp³-hybridized carbons (Fsp3) is 0.500. The number of hydrogen-bond donors (Lipinski definition) is 2. The number of nitrogens with zero attached hydrogens (tertiary/aromatic N) is 1. The molecule has 1 heterocycles. The first-order chi connectivity index (χ1) is 10.4. The highest BCUT2D eigenvalue weighted by molar-refractivity contribution is 7.99. The molecule has 0 atom stereocenters. The third-order valence-corrected chi connectivity index (χ3v) is 3.60. The van der Waals surface area contributed by atoms with E-state index in [0.29, 0.717) is 36.3 Å². The smallest absolute Gasteiger partial charge is 0.313 e. The molecule has 122 valence electrons. The van der Waals surface area contributed by atoms with Crippen molar-refractivity contribution in [1.29, 1.82) is 0 Å². The van der Waals surface area contributed by atoms with E-state index in [9.17, 15) is 9.59 Å². The fourth-order valence-electron chi connectivity index (χ4n) is 1.40. The van der Waals surface area contributed by atoms with Gasteiger partial charge in [0.05, 0.1) is 17.9 Å². The highest BCUT2D eigenvalue weighted by Crippen LogP contribution is 2.22. The van der Waals surface area contributed by atoms with Crippen LogP contribution in [0.3, 0.4) is 0 Å². The molecule has 0 saturated heterocycles. The topological polar surface area (TPSA) is 88.5 Å². The van der Waals surface area contributed by atoms with Crippen LogP contribution >= 0.6 is 23.4 Å². The number of carbonyl (C=O) groups excluding carboxylic acids is 1. The minimum atomic E-state index is -0.871. The van der Waals surface area contributed by atoms with E-state index >= 15 is 0 Å². The van der Waals surface area contributed by atoms with Crippen LogP contribution in [0.4, 0.5) is 0 Å². The van der Waals surface area contributed by atoms with Crippen molar-refractivity contribution < 1.29 is 19.4 Å².